The van der Waals surface area contributed by atoms with Crippen LogP contribution < -0.4 is 11.1 Å². The number of aromatic amines is 1. The third kappa shape index (κ3) is 4.91. The topological polar surface area (TPSA) is 113 Å². The van der Waals surface area contributed by atoms with E-state index < -0.39 is 0 Å². The summed E-state index contributed by atoms with van der Waals surface area (Å²) in [5, 5.41) is 5.08. The molecule has 3 atom stereocenters. The van der Waals surface area contributed by atoms with E-state index in [0.29, 0.717) is 38.9 Å². The smallest absolute Gasteiger partial charge is 0.255 e. The molecule has 0 radical (unpaired) electrons. The number of benzene rings is 3. The molecule has 3 heterocycles. The molecule has 0 spiro atoms. The van der Waals surface area contributed by atoms with E-state index >= 15 is 0 Å². The number of nitrogens with zero attached hydrogens (tertiary/aromatic N) is 4. The summed E-state index contributed by atoms with van der Waals surface area (Å²) < 4.78 is 0. The van der Waals surface area contributed by atoms with Gasteiger partial charge in [0, 0.05) is 17.0 Å². The highest BCUT2D eigenvalue weighted by Gasteiger charge is 2.35. The summed E-state index contributed by atoms with van der Waals surface area (Å²) in [6, 6.07) is 18.4. The van der Waals surface area contributed by atoms with Gasteiger partial charge in [0.1, 0.15) is 18.0 Å². The Hall–Kier alpha value is -3.72. The number of halogens is 2. The number of carbonyl (C=O) groups is 1. The number of anilines is 1. The maximum absolute atomic E-state index is 13.7. The number of imidazole rings is 1. The number of hydrogen-bond acceptors (Lipinski definition) is 6. The van der Waals surface area contributed by atoms with E-state index in [4.69, 9.17) is 28.9 Å². The molecule has 10 heteroatoms. The zero-order chi connectivity index (χ0) is 27.1. The van der Waals surface area contributed by atoms with Crippen LogP contribution in [0.15, 0.2) is 67.0 Å². The lowest BCUT2D eigenvalue weighted by atomic mass is 9.98. The number of nitrogens with one attached hydrogen (secondary N) is 2. The lowest BCUT2D eigenvalue weighted by Crippen LogP contribution is -2.42. The quantitative estimate of drug-likeness (QED) is 0.225. The fraction of sp³-hybridized carbons (Fsp3) is 0.241. The van der Waals surface area contributed by atoms with E-state index in [-0.39, 0.29) is 24.0 Å². The molecule has 6 rings (SSSR count). The molecule has 5 aromatic rings. The number of hydrogen-bond donors (Lipinski definition) is 3. The number of aromatic nitrogens is 4. The van der Waals surface area contributed by atoms with Crippen molar-refractivity contribution in [2.24, 2.45) is 5.73 Å². The van der Waals surface area contributed by atoms with Gasteiger partial charge in [0.2, 0.25) is 0 Å². The number of carbonyl (C=O) groups excluding carboxylic acids is 1. The lowest BCUT2D eigenvalue weighted by molar-refractivity contribution is 0.0717. The molecule has 3 aromatic carbocycles. The van der Waals surface area contributed by atoms with Crippen molar-refractivity contribution in [3.05, 3.63) is 94.0 Å². The first-order valence-corrected chi connectivity index (χ1v) is 13.6. The van der Waals surface area contributed by atoms with Crippen molar-refractivity contribution in [3.63, 3.8) is 0 Å². The second-order valence-corrected chi connectivity index (χ2v) is 10.7. The van der Waals surface area contributed by atoms with Crippen LogP contribution >= 0.6 is 23.2 Å². The summed E-state index contributed by atoms with van der Waals surface area (Å²) in [4.78, 5) is 32.4. The highest BCUT2D eigenvalue weighted by molar-refractivity contribution is 6.35. The predicted octanol–water partition coefficient (Wildman–Crippen LogP) is 6.29. The molecule has 1 unspecified atom stereocenters. The Morgan fingerprint density at radius 3 is 2.74 bits per heavy atom. The monoisotopic (exact) mass is 559 g/mol. The fourth-order valence-corrected chi connectivity index (χ4v) is 5.71. The first-order valence-electron chi connectivity index (χ1n) is 12.9. The standard InChI is InChI=1S/C29H27Cl2N7O/c1-16(27-36-22-10-9-18(30)12-24(22)37-27)35-28-20-13-21(31)19(14-23(20)33-15-34-28)29(39)38-11-5-8-25(38)26(32)17-6-3-2-4-7-17/h2-4,6-7,9-10,12-16,25-26H,5,8,11,32H2,1H3,(H,36,37)(H,33,34,35)/t16-,25+,26?/m1/s1. The lowest BCUT2D eigenvalue weighted by Gasteiger charge is -2.30. The van der Waals surface area contributed by atoms with Gasteiger partial charge in [-0.25, -0.2) is 15.0 Å². The summed E-state index contributed by atoms with van der Waals surface area (Å²) in [5.41, 5.74) is 10.3. The van der Waals surface area contributed by atoms with Gasteiger partial charge in [-0.05, 0) is 55.7 Å². The largest absolute Gasteiger partial charge is 0.360 e. The van der Waals surface area contributed by atoms with Crippen molar-refractivity contribution in [1.29, 1.82) is 0 Å². The first-order chi connectivity index (χ1) is 18.9. The molecular formula is C29H27Cl2N7O. The summed E-state index contributed by atoms with van der Waals surface area (Å²) in [6.07, 6.45) is 3.21. The minimum absolute atomic E-state index is 0.103. The normalized spacial score (nSPS) is 17.0. The van der Waals surface area contributed by atoms with E-state index in [1.165, 1.54) is 6.33 Å². The summed E-state index contributed by atoms with van der Waals surface area (Å²) >= 11 is 12.8. The average Bonchev–Trinajstić information content (AvgIpc) is 3.60. The summed E-state index contributed by atoms with van der Waals surface area (Å²) in [7, 11) is 0. The van der Waals surface area contributed by atoms with Crippen LogP contribution in [0, 0.1) is 0 Å². The number of H-pyrrole nitrogens is 1. The molecule has 198 valence electrons. The van der Waals surface area contributed by atoms with Crippen molar-refractivity contribution in [1.82, 2.24) is 24.8 Å². The van der Waals surface area contributed by atoms with E-state index in [1.54, 1.807) is 12.1 Å². The molecule has 1 amide bonds. The maximum Gasteiger partial charge on any atom is 0.255 e. The Kier molecular flexibility index (Phi) is 6.85. The van der Waals surface area contributed by atoms with Crippen LogP contribution in [-0.2, 0) is 0 Å². The van der Waals surface area contributed by atoms with Gasteiger partial charge in [-0.3, -0.25) is 4.79 Å². The number of nitrogens with two attached hydrogens (primary N) is 1. The first kappa shape index (κ1) is 25.6. The Morgan fingerprint density at radius 2 is 1.92 bits per heavy atom. The molecular weight excluding hydrogens is 533 g/mol. The number of amides is 1. The Labute approximate surface area is 235 Å². The van der Waals surface area contributed by atoms with Gasteiger partial charge in [0.05, 0.1) is 45.3 Å². The van der Waals surface area contributed by atoms with Crippen LogP contribution in [0.1, 0.15) is 53.6 Å². The van der Waals surface area contributed by atoms with Crippen molar-refractivity contribution in [3.8, 4) is 0 Å². The Balaban J connectivity index is 1.27. The van der Waals surface area contributed by atoms with Crippen LogP contribution in [0.5, 0.6) is 0 Å². The minimum atomic E-state index is -0.272. The Bertz CT molecular complexity index is 1670. The number of likely N-dealkylation sites (tertiary alicyclic amines) is 1. The Morgan fingerprint density at radius 1 is 1.10 bits per heavy atom. The van der Waals surface area contributed by atoms with Gasteiger partial charge in [-0.1, -0.05) is 53.5 Å². The molecule has 4 N–H and O–H groups in total. The predicted molar refractivity (Wildman–Crippen MR) is 155 cm³/mol. The molecule has 0 bridgehead atoms. The van der Waals surface area contributed by atoms with Gasteiger partial charge in [-0.15, -0.1) is 0 Å². The molecule has 8 nitrogen and oxygen atoms in total. The molecule has 1 fully saturated rings. The summed E-state index contributed by atoms with van der Waals surface area (Å²) in [5.74, 6) is 1.20. The van der Waals surface area contributed by atoms with Crippen molar-refractivity contribution >= 4 is 56.9 Å². The van der Waals surface area contributed by atoms with Crippen LogP contribution in [0.3, 0.4) is 0 Å². The highest BCUT2D eigenvalue weighted by atomic mass is 35.5. The highest BCUT2D eigenvalue weighted by Crippen LogP contribution is 2.33. The van der Waals surface area contributed by atoms with Crippen LogP contribution in [0.2, 0.25) is 10.0 Å². The SMILES string of the molecule is C[C@@H](Nc1ncnc2cc(C(=O)N3CCC[C@H]3C(N)c3ccccc3)c(Cl)cc12)c1nc2cc(Cl)ccc2[nH]1. The van der Waals surface area contributed by atoms with Gasteiger partial charge in [-0.2, -0.15) is 0 Å². The molecule has 1 saturated heterocycles. The van der Waals surface area contributed by atoms with E-state index in [1.807, 2.05) is 60.4 Å². The maximum atomic E-state index is 13.7. The van der Waals surface area contributed by atoms with Crippen molar-refractivity contribution < 1.29 is 4.79 Å². The van der Waals surface area contributed by atoms with Crippen LogP contribution in [0.4, 0.5) is 5.82 Å². The molecule has 1 aliphatic rings. The minimum Gasteiger partial charge on any atom is -0.360 e. The third-order valence-electron chi connectivity index (χ3n) is 7.34. The molecule has 0 aliphatic carbocycles. The number of rotatable bonds is 6. The summed E-state index contributed by atoms with van der Waals surface area (Å²) in [6.45, 7) is 2.62. The van der Waals surface area contributed by atoms with Crippen molar-refractivity contribution in [2.75, 3.05) is 11.9 Å². The zero-order valence-corrected chi connectivity index (χ0v) is 22.7. The zero-order valence-electron chi connectivity index (χ0n) is 21.2. The number of fused-ring (bicyclic) bond motifs is 2. The molecule has 39 heavy (non-hydrogen) atoms. The van der Waals surface area contributed by atoms with E-state index in [2.05, 4.69) is 25.3 Å². The van der Waals surface area contributed by atoms with Crippen LogP contribution in [0.25, 0.3) is 21.9 Å². The molecule has 1 aliphatic heterocycles. The molecule has 2 aromatic heterocycles. The van der Waals surface area contributed by atoms with Gasteiger partial charge in [0.15, 0.2) is 0 Å². The van der Waals surface area contributed by atoms with E-state index in [0.717, 1.165) is 35.3 Å². The van der Waals surface area contributed by atoms with Crippen LogP contribution in [-0.4, -0.2) is 43.3 Å². The van der Waals surface area contributed by atoms with Gasteiger partial charge < -0.3 is 20.9 Å². The van der Waals surface area contributed by atoms with Gasteiger partial charge in [0.25, 0.3) is 5.91 Å². The third-order valence-corrected chi connectivity index (χ3v) is 7.89. The van der Waals surface area contributed by atoms with E-state index in [9.17, 15) is 4.79 Å². The fourth-order valence-electron chi connectivity index (χ4n) is 5.30. The molecule has 0 saturated carbocycles. The average molecular weight is 560 g/mol. The van der Waals surface area contributed by atoms with Crippen molar-refractivity contribution in [2.45, 2.75) is 37.9 Å². The second-order valence-electron chi connectivity index (χ2n) is 9.87. The van der Waals surface area contributed by atoms with Gasteiger partial charge >= 0.3 is 0 Å². The second kappa shape index (κ2) is 10.4.